The summed E-state index contributed by atoms with van der Waals surface area (Å²) in [4.78, 5) is 40.8. The molecule has 1 aromatic heterocycles. The molecule has 0 aromatic carbocycles. The van der Waals surface area contributed by atoms with Crippen molar-refractivity contribution in [3.63, 3.8) is 0 Å². The Balaban J connectivity index is 2.78. The van der Waals surface area contributed by atoms with Gasteiger partial charge in [-0.2, -0.15) is 0 Å². The largest absolute Gasteiger partial charge is 0.466 e. The van der Waals surface area contributed by atoms with E-state index in [1.807, 2.05) is 13.8 Å². The van der Waals surface area contributed by atoms with Gasteiger partial charge in [-0.1, -0.05) is 13.8 Å². The number of ketones is 2. The van der Waals surface area contributed by atoms with E-state index in [0.29, 0.717) is 35.6 Å². The molecule has 0 aliphatic rings. The summed E-state index contributed by atoms with van der Waals surface area (Å²) in [6, 6.07) is 1.63. The van der Waals surface area contributed by atoms with Gasteiger partial charge in [-0.3, -0.25) is 19.4 Å². The molecule has 26 heavy (non-hydrogen) atoms. The lowest BCUT2D eigenvalue weighted by Gasteiger charge is -2.15. The predicted molar refractivity (Wildman–Crippen MR) is 101 cm³/mol. The summed E-state index contributed by atoms with van der Waals surface area (Å²) in [5.41, 5.74) is 0.359. The third-order valence-electron chi connectivity index (χ3n) is 3.57. The summed E-state index contributed by atoms with van der Waals surface area (Å²) < 4.78 is 10.9. The first-order valence-corrected chi connectivity index (χ1v) is 9.55. The molecule has 0 radical (unpaired) electrons. The number of Topliss-reactive ketones (excluding diaryl/α,β-unsaturated/α-hetero) is 2. The summed E-state index contributed by atoms with van der Waals surface area (Å²) in [7, 11) is 0. The Morgan fingerprint density at radius 2 is 1.96 bits per heavy atom. The van der Waals surface area contributed by atoms with Crippen LogP contribution in [0.3, 0.4) is 0 Å². The number of hydrogen-bond acceptors (Lipinski definition) is 6. The number of carbonyl (C=O) groups is 3. The van der Waals surface area contributed by atoms with E-state index >= 15 is 0 Å². The molecule has 1 atom stereocenters. The number of nitrogens with zero attached hydrogens (tertiary/aromatic N) is 1. The maximum Gasteiger partial charge on any atom is 0.305 e. The fourth-order valence-corrected chi connectivity index (χ4v) is 2.73. The molecule has 0 bridgehead atoms. The smallest absolute Gasteiger partial charge is 0.305 e. The zero-order chi connectivity index (χ0) is 19.5. The quantitative estimate of drug-likeness (QED) is 0.287. The van der Waals surface area contributed by atoms with Crippen LogP contribution in [0, 0.1) is 11.8 Å². The summed E-state index contributed by atoms with van der Waals surface area (Å²) >= 11 is 3.28. The van der Waals surface area contributed by atoms with Crippen molar-refractivity contribution in [2.45, 2.75) is 40.0 Å². The Hall–Kier alpha value is -1.60. The molecule has 1 heterocycles. The Kier molecular flexibility index (Phi) is 10.3. The van der Waals surface area contributed by atoms with E-state index < -0.39 is 5.92 Å². The van der Waals surface area contributed by atoms with Crippen LogP contribution >= 0.6 is 15.9 Å². The van der Waals surface area contributed by atoms with Gasteiger partial charge in [0, 0.05) is 35.5 Å². The second-order valence-electron chi connectivity index (χ2n) is 6.38. The van der Waals surface area contributed by atoms with Crippen LogP contribution in [0.2, 0.25) is 0 Å². The molecular formula is C19H26BrNO5. The minimum atomic E-state index is -0.854. The van der Waals surface area contributed by atoms with Crippen LogP contribution in [-0.2, 0) is 19.1 Å². The number of pyridine rings is 1. The average Bonchev–Trinajstić information content (AvgIpc) is 2.58. The van der Waals surface area contributed by atoms with Crippen LogP contribution in [0.25, 0.3) is 0 Å². The summed E-state index contributed by atoms with van der Waals surface area (Å²) in [5, 5.41) is 0. The van der Waals surface area contributed by atoms with E-state index in [1.165, 1.54) is 6.20 Å². The van der Waals surface area contributed by atoms with Gasteiger partial charge in [0.2, 0.25) is 0 Å². The molecule has 0 amide bonds. The molecule has 0 saturated heterocycles. The van der Waals surface area contributed by atoms with E-state index in [9.17, 15) is 14.4 Å². The van der Waals surface area contributed by atoms with Crippen molar-refractivity contribution < 1.29 is 23.9 Å². The van der Waals surface area contributed by atoms with Crippen LogP contribution in [0.5, 0.6) is 0 Å². The second kappa shape index (κ2) is 11.9. The second-order valence-corrected chi connectivity index (χ2v) is 7.30. The number of hydrogen-bond donors (Lipinski definition) is 0. The van der Waals surface area contributed by atoms with Gasteiger partial charge in [-0.15, -0.1) is 0 Å². The molecule has 0 aliphatic carbocycles. The molecule has 0 spiro atoms. The number of aromatic nitrogens is 1. The van der Waals surface area contributed by atoms with Crippen molar-refractivity contribution in [2.75, 3.05) is 19.8 Å². The highest BCUT2D eigenvalue weighted by atomic mass is 79.9. The van der Waals surface area contributed by atoms with Gasteiger partial charge < -0.3 is 9.47 Å². The Labute approximate surface area is 162 Å². The van der Waals surface area contributed by atoms with Crippen LogP contribution in [0.15, 0.2) is 22.9 Å². The summed E-state index contributed by atoms with van der Waals surface area (Å²) in [5.74, 6) is -1.46. The van der Waals surface area contributed by atoms with Gasteiger partial charge in [0.05, 0.1) is 12.5 Å². The average molecular weight is 428 g/mol. The number of ether oxygens (including phenoxy) is 2. The van der Waals surface area contributed by atoms with Crippen molar-refractivity contribution in [3.8, 4) is 0 Å². The minimum Gasteiger partial charge on any atom is -0.466 e. The van der Waals surface area contributed by atoms with Gasteiger partial charge in [0.1, 0.15) is 6.61 Å². The first-order valence-electron chi connectivity index (χ1n) is 8.76. The fraction of sp³-hybridized carbons (Fsp3) is 0.579. The summed E-state index contributed by atoms with van der Waals surface area (Å²) in [6.45, 7) is 6.36. The molecule has 0 aliphatic heterocycles. The molecule has 1 rings (SSSR count). The van der Waals surface area contributed by atoms with Crippen molar-refractivity contribution in [1.82, 2.24) is 4.98 Å². The molecule has 0 fully saturated rings. The highest BCUT2D eigenvalue weighted by Gasteiger charge is 2.28. The lowest BCUT2D eigenvalue weighted by Crippen LogP contribution is -2.28. The normalized spacial score (nSPS) is 12.0. The minimum absolute atomic E-state index is 0.116. The molecule has 144 valence electrons. The topological polar surface area (TPSA) is 82.6 Å². The highest BCUT2D eigenvalue weighted by molar-refractivity contribution is 9.10. The predicted octanol–water partition coefficient (Wildman–Crippen LogP) is 3.62. The zero-order valence-corrected chi connectivity index (χ0v) is 17.1. The van der Waals surface area contributed by atoms with Crippen LogP contribution < -0.4 is 0 Å². The third-order valence-corrected chi connectivity index (χ3v) is 4.00. The molecule has 1 unspecified atom stereocenters. The molecule has 1 aromatic rings. The van der Waals surface area contributed by atoms with Crippen molar-refractivity contribution in [3.05, 3.63) is 28.5 Å². The van der Waals surface area contributed by atoms with Gasteiger partial charge in [0.15, 0.2) is 11.6 Å². The maximum atomic E-state index is 12.8. The monoisotopic (exact) mass is 427 g/mol. The van der Waals surface area contributed by atoms with E-state index in [0.717, 1.165) is 0 Å². The number of rotatable bonds is 12. The fourth-order valence-electron chi connectivity index (χ4n) is 2.37. The Morgan fingerprint density at radius 1 is 1.23 bits per heavy atom. The molecule has 0 saturated carbocycles. The lowest BCUT2D eigenvalue weighted by molar-refractivity contribution is -0.143. The molecular weight excluding hydrogens is 402 g/mol. The van der Waals surface area contributed by atoms with Crippen LogP contribution in [-0.4, -0.2) is 42.3 Å². The molecule has 7 heteroatoms. The van der Waals surface area contributed by atoms with Crippen LogP contribution in [0.4, 0.5) is 0 Å². The Morgan fingerprint density at radius 3 is 2.58 bits per heavy atom. The van der Waals surface area contributed by atoms with E-state index in [2.05, 4.69) is 20.9 Å². The third kappa shape index (κ3) is 8.19. The van der Waals surface area contributed by atoms with Crippen molar-refractivity contribution in [2.24, 2.45) is 11.8 Å². The van der Waals surface area contributed by atoms with Gasteiger partial charge in [-0.25, -0.2) is 0 Å². The van der Waals surface area contributed by atoms with E-state index in [-0.39, 0.29) is 37.0 Å². The molecule has 0 N–H and O–H groups in total. The summed E-state index contributed by atoms with van der Waals surface area (Å²) in [6.07, 6.45) is 3.85. The van der Waals surface area contributed by atoms with Gasteiger partial charge >= 0.3 is 5.97 Å². The SMILES string of the molecule is CCOC(=O)CCCC(C(=O)COCC(C)C)C(=O)c1cncc(Br)c1. The Bertz CT molecular complexity index is 618. The highest BCUT2D eigenvalue weighted by Crippen LogP contribution is 2.19. The van der Waals surface area contributed by atoms with Crippen molar-refractivity contribution in [1.29, 1.82) is 0 Å². The molecule has 6 nitrogen and oxygen atoms in total. The van der Waals surface area contributed by atoms with Crippen molar-refractivity contribution >= 4 is 33.5 Å². The van der Waals surface area contributed by atoms with E-state index in [4.69, 9.17) is 9.47 Å². The van der Waals surface area contributed by atoms with Gasteiger partial charge in [-0.05, 0) is 47.7 Å². The zero-order valence-electron chi connectivity index (χ0n) is 15.5. The first-order chi connectivity index (χ1) is 12.3. The van der Waals surface area contributed by atoms with E-state index in [1.54, 1.807) is 19.2 Å². The standard InChI is InChI=1S/C19H26BrNO5/c1-4-26-18(23)7-5-6-16(17(22)12-25-11-13(2)3)19(24)14-8-15(20)10-21-9-14/h8-10,13,16H,4-7,11-12H2,1-3H3. The van der Waals surface area contributed by atoms with Gasteiger partial charge in [0.25, 0.3) is 0 Å². The lowest BCUT2D eigenvalue weighted by atomic mass is 9.90. The number of halogens is 1. The first kappa shape index (κ1) is 22.4. The van der Waals surface area contributed by atoms with Crippen LogP contribution in [0.1, 0.15) is 50.4 Å². The maximum absolute atomic E-state index is 12.8. The number of esters is 1. The number of carbonyl (C=O) groups excluding carboxylic acids is 3.